The Morgan fingerprint density at radius 3 is 2.04 bits per heavy atom. The molecule has 0 spiro atoms. The number of benzene rings is 4. The SMILES string of the molecule is O=C1C=C(I)C(=O)N1c1ccc2ccc3cccc4ccc1c2c34. The summed E-state index contributed by atoms with van der Waals surface area (Å²) in [5.41, 5.74) is 0.652. The van der Waals surface area contributed by atoms with Gasteiger partial charge in [-0.2, -0.15) is 0 Å². The van der Waals surface area contributed by atoms with Crippen molar-refractivity contribution >= 4 is 72.4 Å². The van der Waals surface area contributed by atoms with E-state index in [-0.39, 0.29) is 11.8 Å². The van der Waals surface area contributed by atoms with Crippen LogP contribution in [0, 0.1) is 0 Å². The van der Waals surface area contributed by atoms with Crippen molar-refractivity contribution < 1.29 is 9.59 Å². The lowest BCUT2D eigenvalue weighted by atomic mass is 9.93. The van der Waals surface area contributed by atoms with Gasteiger partial charge in [-0.05, 0) is 55.6 Å². The van der Waals surface area contributed by atoms with Crippen LogP contribution < -0.4 is 4.90 Å². The van der Waals surface area contributed by atoms with Crippen molar-refractivity contribution in [2.24, 2.45) is 0 Å². The summed E-state index contributed by atoms with van der Waals surface area (Å²) in [7, 11) is 0. The minimum absolute atomic E-state index is 0.254. The third kappa shape index (κ3) is 1.72. The Balaban J connectivity index is 1.92. The fourth-order valence-electron chi connectivity index (χ4n) is 3.58. The van der Waals surface area contributed by atoms with Gasteiger partial charge in [-0.25, -0.2) is 4.90 Å². The molecule has 0 aromatic heterocycles. The quantitative estimate of drug-likeness (QED) is 0.251. The van der Waals surface area contributed by atoms with Gasteiger partial charge in [0, 0.05) is 11.5 Å². The molecule has 0 aliphatic carbocycles. The average Bonchev–Trinajstić information content (AvgIpc) is 2.85. The van der Waals surface area contributed by atoms with Gasteiger partial charge < -0.3 is 0 Å². The summed E-state index contributed by atoms with van der Waals surface area (Å²) in [5.74, 6) is -0.532. The van der Waals surface area contributed by atoms with Crippen molar-refractivity contribution in [1.82, 2.24) is 0 Å². The van der Waals surface area contributed by atoms with Crippen molar-refractivity contribution in [3.8, 4) is 0 Å². The molecule has 1 aliphatic heterocycles. The predicted molar refractivity (Wildman–Crippen MR) is 105 cm³/mol. The lowest BCUT2D eigenvalue weighted by molar-refractivity contribution is -0.120. The van der Waals surface area contributed by atoms with Crippen LogP contribution in [-0.2, 0) is 9.59 Å². The van der Waals surface area contributed by atoms with Crippen LogP contribution >= 0.6 is 22.6 Å². The zero-order valence-electron chi connectivity index (χ0n) is 12.4. The summed E-state index contributed by atoms with van der Waals surface area (Å²) in [4.78, 5) is 26.0. The molecule has 0 N–H and O–H groups in total. The molecule has 4 heteroatoms. The maximum absolute atomic E-state index is 12.4. The van der Waals surface area contributed by atoms with E-state index in [0.29, 0.717) is 9.27 Å². The fourth-order valence-corrected chi connectivity index (χ4v) is 4.09. The molecule has 2 amide bonds. The molecule has 114 valence electrons. The van der Waals surface area contributed by atoms with Gasteiger partial charge in [0.05, 0.1) is 9.27 Å². The van der Waals surface area contributed by atoms with E-state index in [0.717, 1.165) is 26.9 Å². The molecule has 1 heterocycles. The summed E-state index contributed by atoms with van der Waals surface area (Å²) in [5, 5.41) is 6.64. The minimum Gasteiger partial charge on any atom is -0.269 e. The summed E-state index contributed by atoms with van der Waals surface area (Å²) < 4.78 is 0.447. The van der Waals surface area contributed by atoms with E-state index < -0.39 is 0 Å². The molecule has 0 unspecified atom stereocenters. The molecule has 4 aromatic rings. The van der Waals surface area contributed by atoms with E-state index in [9.17, 15) is 9.59 Å². The fraction of sp³-hybridized carbons (Fsp3) is 0. The zero-order valence-corrected chi connectivity index (χ0v) is 14.6. The van der Waals surface area contributed by atoms with E-state index in [1.54, 1.807) is 0 Å². The Kier molecular flexibility index (Phi) is 2.77. The highest BCUT2D eigenvalue weighted by atomic mass is 127. The lowest BCUT2D eigenvalue weighted by Gasteiger charge is -2.19. The summed E-state index contributed by atoms with van der Waals surface area (Å²) in [6.07, 6.45) is 1.39. The summed E-state index contributed by atoms with van der Waals surface area (Å²) in [6.45, 7) is 0. The summed E-state index contributed by atoms with van der Waals surface area (Å²) in [6, 6.07) is 18.3. The van der Waals surface area contributed by atoms with Crippen LogP contribution in [0.3, 0.4) is 0 Å². The van der Waals surface area contributed by atoms with Crippen LogP contribution in [0.5, 0.6) is 0 Å². The number of hydrogen-bond donors (Lipinski definition) is 0. The molecule has 0 saturated carbocycles. The summed E-state index contributed by atoms with van der Waals surface area (Å²) >= 11 is 1.91. The van der Waals surface area contributed by atoms with Crippen molar-refractivity contribution in [3.05, 3.63) is 64.3 Å². The molecule has 0 saturated heterocycles. The van der Waals surface area contributed by atoms with Crippen molar-refractivity contribution in [3.63, 3.8) is 0 Å². The molecule has 3 nitrogen and oxygen atoms in total. The number of imide groups is 1. The van der Waals surface area contributed by atoms with E-state index >= 15 is 0 Å². The van der Waals surface area contributed by atoms with Gasteiger partial charge in [0.2, 0.25) is 0 Å². The Bertz CT molecular complexity index is 1190. The van der Waals surface area contributed by atoms with Gasteiger partial charge >= 0.3 is 0 Å². The Hall–Kier alpha value is -2.47. The molecule has 0 bridgehead atoms. The van der Waals surface area contributed by atoms with Gasteiger partial charge in [-0.15, -0.1) is 0 Å². The number of nitrogens with zero attached hydrogens (tertiary/aromatic N) is 1. The second kappa shape index (κ2) is 4.77. The maximum Gasteiger partial charge on any atom is 0.271 e. The van der Waals surface area contributed by atoms with E-state index in [4.69, 9.17) is 0 Å². The first-order valence-corrected chi connectivity index (χ1v) is 8.65. The van der Waals surface area contributed by atoms with Crippen LogP contribution in [0.2, 0.25) is 0 Å². The Morgan fingerprint density at radius 2 is 1.38 bits per heavy atom. The van der Waals surface area contributed by atoms with Gasteiger partial charge in [0.15, 0.2) is 0 Å². The molecule has 0 fully saturated rings. The second-order valence-corrected chi connectivity index (χ2v) is 7.07. The molecule has 4 aromatic carbocycles. The maximum atomic E-state index is 12.4. The van der Waals surface area contributed by atoms with Crippen molar-refractivity contribution in [1.29, 1.82) is 0 Å². The number of amides is 2. The second-order valence-electron chi connectivity index (χ2n) is 5.91. The Morgan fingerprint density at radius 1 is 0.750 bits per heavy atom. The monoisotopic (exact) mass is 423 g/mol. The number of carbonyl (C=O) groups excluding carboxylic acids is 2. The largest absolute Gasteiger partial charge is 0.271 e. The number of rotatable bonds is 1. The van der Waals surface area contributed by atoms with Gasteiger partial charge in [-0.3, -0.25) is 9.59 Å². The third-order valence-electron chi connectivity index (χ3n) is 4.62. The smallest absolute Gasteiger partial charge is 0.269 e. The van der Waals surface area contributed by atoms with Crippen LogP contribution in [0.15, 0.2) is 64.3 Å². The highest BCUT2D eigenvalue weighted by Crippen LogP contribution is 2.40. The van der Waals surface area contributed by atoms with Gasteiger partial charge in [-0.1, -0.05) is 48.5 Å². The van der Waals surface area contributed by atoms with E-state index in [1.165, 1.54) is 16.4 Å². The van der Waals surface area contributed by atoms with E-state index in [1.807, 2.05) is 46.9 Å². The predicted octanol–water partition coefficient (Wildman–Crippen LogP) is 4.78. The molecule has 5 rings (SSSR count). The molecular formula is C20H10INO2. The average molecular weight is 423 g/mol. The van der Waals surface area contributed by atoms with Crippen molar-refractivity contribution in [2.75, 3.05) is 4.90 Å². The number of anilines is 1. The highest BCUT2D eigenvalue weighted by Gasteiger charge is 2.32. The van der Waals surface area contributed by atoms with E-state index in [2.05, 4.69) is 30.3 Å². The highest BCUT2D eigenvalue weighted by molar-refractivity contribution is 14.1. The first-order chi connectivity index (χ1) is 11.6. The van der Waals surface area contributed by atoms with Crippen LogP contribution in [0.1, 0.15) is 0 Å². The van der Waals surface area contributed by atoms with Crippen molar-refractivity contribution in [2.45, 2.75) is 0 Å². The molecule has 1 aliphatic rings. The zero-order chi connectivity index (χ0) is 16.4. The van der Waals surface area contributed by atoms with Crippen LogP contribution in [0.25, 0.3) is 32.3 Å². The lowest BCUT2D eigenvalue weighted by Crippen LogP contribution is -2.30. The van der Waals surface area contributed by atoms with Crippen LogP contribution in [-0.4, -0.2) is 11.8 Å². The number of hydrogen-bond acceptors (Lipinski definition) is 2. The Labute approximate surface area is 151 Å². The molecule has 0 radical (unpaired) electrons. The van der Waals surface area contributed by atoms with Gasteiger partial charge in [0.25, 0.3) is 11.8 Å². The first-order valence-electron chi connectivity index (χ1n) is 7.57. The molecule has 24 heavy (non-hydrogen) atoms. The van der Waals surface area contributed by atoms with Gasteiger partial charge in [0.1, 0.15) is 0 Å². The third-order valence-corrected chi connectivity index (χ3v) is 5.40. The first kappa shape index (κ1) is 13.9. The molecular weight excluding hydrogens is 413 g/mol. The van der Waals surface area contributed by atoms with Crippen LogP contribution in [0.4, 0.5) is 5.69 Å². The number of carbonyl (C=O) groups is 2. The normalized spacial score (nSPS) is 15.2. The standard InChI is InChI=1S/C20H10INO2/c21-15-10-17(23)22(20(15)24)16-9-7-13-5-4-11-2-1-3-12-6-8-14(16)19(13)18(11)12/h1-10H. The topological polar surface area (TPSA) is 37.4 Å². The minimum atomic E-state index is -0.278. The molecule has 0 atom stereocenters. The number of halogens is 1.